The van der Waals surface area contributed by atoms with Gasteiger partial charge in [-0.3, -0.25) is 4.79 Å². The minimum atomic E-state index is -0.902. The van der Waals surface area contributed by atoms with Crippen LogP contribution in [-0.4, -0.2) is 40.4 Å². The fourth-order valence-electron chi connectivity index (χ4n) is 4.24. The van der Waals surface area contributed by atoms with Crippen LogP contribution >= 0.6 is 0 Å². The molecule has 0 saturated carbocycles. The molecule has 1 unspecified atom stereocenters. The Hall–Kier alpha value is -3.61. The number of aromatic hydroxyl groups is 3. The van der Waals surface area contributed by atoms with E-state index in [1.54, 1.807) is 12.1 Å². The largest absolute Gasteiger partial charge is 0.506 e. The van der Waals surface area contributed by atoms with Crippen molar-refractivity contribution in [1.29, 1.82) is 0 Å². The number of methoxy groups -OCH3 is 1. The fourth-order valence-corrected chi connectivity index (χ4v) is 4.24. The molecule has 2 atom stereocenters. The van der Waals surface area contributed by atoms with E-state index in [-0.39, 0.29) is 35.0 Å². The van der Waals surface area contributed by atoms with Crippen molar-refractivity contribution >= 4 is 11.9 Å². The number of fused-ring (bicyclic) bond motifs is 2. The zero-order valence-corrected chi connectivity index (χ0v) is 19.1. The summed E-state index contributed by atoms with van der Waals surface area (Å²) < 4.78 is 17.0. The number of Topliss-reactive ketones (excluding diaryl/α,β-unsaturated/α-hetero) is 1. The number of ketones is 1. The molecule has 2 aliphatic heterocycles. The maximum atomic E-state index is 13.3. The second-order valence-corrected chi connectivity index (χ2v) is 8.86. The van der Waals surface area contributed by atoms with Gasteiger partial charge in [0.15, 0.2) is 17.3 Å². The SMILES string of the molecule is COc1ccc([C@H]2COc3cc4c(c(O)c3C2=O)C=CC(C)(CCC=C(C)C)O4)c(O)c1O. The standard InChI is InChI=1S/C26H28O7/c1-14(2)6-5-10-26(3)11-9-16-19(33-26)12-20-21(22(16)27)23(28)17(13-32-20)15-7-8-18(31-4)25(30)24(15)29/h6-9,11-12,17,27,29-30H,5,10,13H2,1-4H3/t17-,26?/m1/s1. The van der Waals surface area contributed by atoms with Gasteiger partial charge in [0, 0.05) is 11.6 Å². The van der Waals surface area contributed by atoms with Crippen molar-refractivity contribution in [3.63, 3.8) is 0 Å². The van der Waals surface area contributed by atoms with E-state index in [0.717, 1.165) is 12.8 Å². The smallest absolute Gasteiger partial charge is 0.200 e. The molecule has 2 aliphatic rings. The van der Waals surface area contributed by atoms with E-state index in [1.165, 1.54) is 24.8 Å². The van der Waals surface area contributed by atoms with E-state index in [0.29, 0.717) is 11.3 Å². The summed E-state index contributed by atoms with van der Waals surface area (Å²) in [5.74, 6) is -1.68. The van der Waals surface area contributed by atoms with Gasteiger partial charge in [0.2, 0.25) is 5.75 Å². The molecule has 3 N–H and O–H groups in total. The molecule has 4 rings (SSSR count). The van der Waals surface area contributed by atoms with Crippen LogP contribution in [0.2, 0.25) is 0 Å². The molecule has 2 aromatic carbocycles. The molecule has 33 heavy (non-hydrogen) atoms. The van der Waals surface area contributed by atoms with Crippen LogP contribution in [0.3, 0.4) is 0 Å². The van der Waals surface area contributed by atoms with Gasteiger partial charge < -0.3 is 29.5 Å². The number of hydrogen-bond donors (Lipinski definition) is 3. The maximum absolute atomic E-state index is 13.3. The van der Waals surface area contributed by atoms with Gasteiger partial charge in [-0.25, -0.2) is 0 Å². The minimum absolute atomic E-state index is 0.0288. The van der Waals surface area contributed by atoms with Crippen molar-refractivity contribution in [3.05, 3.63) is 52.6 Å². The van der Waals surface area contributed by atoms with E-state index in [2.05, 4.69) is 6.08 Å². The Morgan fingerprint density at radius 1 is 1.18 bits per heavy atom. The number of phenolic OH excluding ortho intramolecular Hbond substituents is 3. The van der Waals surface area contributed by atoms with Crippen LogP contribution in [0, 0.1) is 0 Å². The predicted octanol–water partition coefficient (Wildman–Crippen LogP) is 5.08. The zero-order chi connectivity index (χ0) is 23.9. The monoisotopic (exact) mass is 452 g/mol. The van der Waals surface area contributed by atoms with E-state index < -0.39 is 28.8 Å². The normalized spacial score (nSPS) is 20.8. The molecule has 0 radical (unpaired) electrons. The van der Waals surface area contributed by atoms with Crippen molar-refractivity contribution in [2.24, 2.45) is 0 Å². The highest BCUT2D eigenvalue weighted by Crippen LogP contribution is 2.49. The third-order valence-electron chi connectivity index (χ3n) is 6.11. The number of allylic oxidation sites excluding steroid dienone is 2. The molecule has 0 aliphatic carbocycles. The first kappa shape index (κ1) is 22.6. The first-order chi connectivity index (χ1) is 15.6. The highest BCUT2D eigenvalue weighted by molar-refractivity contribution is 6.08. The molecule has 7 heteroatoms. The second-order valence-electron chi connectivity index (χ2n) is 8.86. The topological polar surface area (TPSA) is 105 Å². The van der Waals surface area contributed by atoms with Crippen molar-refractivity contribution < 1.29 is 34.3 Å². The number of phenols is 3. The van der Waals surface area contributed by atoms with Crippen LogP contribution in [0.5, 0.6) is 34.5 Å². The zero-order valence-electron chi connectivity index (χ0n) is 19.1. The molecular weight excluding hydrogens is 424 g/mol. The summed E-state index contributed by atoms with van der Waals surface area (Å²) in [6, 6.07) is 4.60. The van der Waals surface area contributed by atoms with Crippen molar-refractivity contribution in [2.75, 3.05) is 13.7 Å². The number of rotatable bonds is 5. The summed E-state index contributed by atoms with van der Waals surface area (Å²) >= 11 is 0. The van der Waals surface area contributed by atoms with Crippen molar-refractivity contribution in [1.82, 2.24) is 0 Å². The average Bonchev–Trinajstić information content (AvgIpc) is 2.75. The minimum Gasteiger partial charge on any atom is -0.506 e. The maximum Gasteiger partial charge on any atom is 0.200 e. The van der Waals surface area contributed by atoms with Crippen LogP contribution in [0.25, 0.3) is 6.08 Å². The van der Waals surface area contributed by atoms with Crippen LogP contribution in [-0.2, 0) is 0 Å². The Labute approximate surface area is 192 Å². The highest BCUT2D eigenvalue weighted by atomic mass is 16.5. The molecule has 174 valence electrons. The summed E-state index contributed by atoms with van der Waals surface area (Å²) in [4.78, 5) is 13.3. The molecule has 2 aromatic rings. The van der Waals surface area contributed by atoms with E-state index in [4.69, 9.17) is 14.2 Å². The fraction of sp³-hybridized carbons (Fsp3) is 0.346. The van der Waals surface area contributed by atoms with Gasteiger partial charge in [-0.15, -0.1) is 0 Å². The third kappa shape index (κ3) is 3.99. The van der Waals surface area contributed by atoms with Crippen molar-refractivity contribution in [3.8, 4) is 34.5 Å². The van der Waals surface area contributed by atoms with Gasteiger partial charge in [0.25, 0.3) is 0 Å². The summed E-state index contributed by atoms with van der Waals surface area (Å²) in [6.45, 7) is 6.02. The summed E-state index contributed by atoms with van der Waals surface area (Å²) in [5, 5.41) is 31.5. The average molecular weight is 453 g/mol. The summed E-state index contributed by atoms with van der Waals surface area (Å²) in [7, 11) is 1.36. The molecule has 7 nitrogen and oxygen atoms in total. The Balaban J connectivity index is 1.67. The first-order valence-electron chi connectivity index (χ1n) is 10.8. The van der Waals surface area contributed by atoms with Gasteiger partial charge in [-0.2, -0.15) is 0 Å². The number of carbonyl (C=O) groups excluding carboxylic acids is 1. The lowest BCUT2D eigenvalue weighted by Gasteiger charge is -2.33. The molecular formula is C26H28O7. The first-order valence-corrected chi connectivity index (χ1v) is 10.8. The quantitative estimate of drug-likeness (QED) is 0.429. The van der Waals surface area contributed by atoms with Gasteiger partial charge in [-0.1, -0.05) is 17.7 Å². The Kier molecular flexibility index (Phi) is 5.74. The highest BCUT2D eigenvalue weighted by Gasteiger charge is 2.38. The van der Waals surface area contributed by atoms with E-state index in [9.17, 15) is 20.1 Å². The molecule has 0 bridgehead atoms. The lowest BCUT2D eigenvalue weighted by Crippen LogP contribution is -2.32. The third-order valence-corrected chi connectivity index (χ3v) is 6.11. The van der Waals surface area contributed by atoms with E-state index in [1.807, 2.05) is 26.8 Å². The Morgan fingerprint density at radius 3 is 2.64 bits per heavy atom. The number of hydrogen-bond acceptors (Lipinski definition) is 7. The van der Waals surface area contributed by atoms with Crippen LogP contribution in [0.15, 0.2) is 35.9 Å². The lowest BCUT2D eigenvalue weighted by molar-refractivity contribution is 0.0887. The van der Waals surface area contributed by atoms with Gasteiger partial charge >= 0.3 is 0 Å². The van der Waals surface area contributed by atoms with Crippen molar-refractivity contribution in [2.45, 2.75) is 45.1 Å². The number of ether oxygens (including phenoxy) is 3. The Morgan fingerprint density at radius 2 is 1.94 bits per heavy atom. The van der Waals surface area contributed by atoms with Gasteiger partial charge in [0.1, 0.15) is 35.0 Å². The Bertz CT molecular complexity index is 1170. The summed E-state index contributed by atoms with van der Waals surface area (Å²) in [5.41, 5.74) is 1.32. The van der Waals surface area contributed by atoms with Gasteiger partial charge in [0.05, 0.1) is 18.6 Å². The molecule has 0 amide bonds. The summed E-state index contributed by atoms with van der Waals surface area (Å²) in [6.07, 6.45) is 7.42. The number of benzene rings is 2. The predicted molar refractivity (Wildman–Crippen MR) is 124 cm³/mol. The van der Waals surface area contributed by atoms with Gasteiger partial charge in [-0.05, 0) is 51.8 Å². The van der Waals surface area contributed by atoms with Crippen LogP contribution in [0.4, 0.5) is 0 Å². The van der Waals surface area contributed by atoms with Crippen LogP contribution < -0.4 is 14.2 Å². The second kappa shape index (κ2) is 8.39. The molecule has 0 fully saturated rings. The lowest BCUT2D eigenvalue weighted by atomic mass is 9.86. The molecule has 0 saturated heterocycles. The van der Waals surface area contributed by atoms with Crippen LogP contribution in [0.1, 0.15) is 61.0 Å². The van der Waals surface area contributed by atoms with E-state index >= 15 is 0 Å². The molecule has 0 aromatic heterocycles. The molecule has 0 spiro atoms. The molecule has 2 heterocycles. The number of carbonyl (C=O) groups is 1.